The van der Waals surface area contributed by atoms with Gasteiger partial charge >= 0.3 is 0 Å². The van der Waals surface area contributed by atoms with Crippen molar-refractivity contribution in [1.29, 1.82) is 0 Å². The summed E-state index contributed by atoms with van der Waals surface area (Å²) in [5.74, 6) is 1.69. The van der Waals surface area contributed by atoms with Crippen LogP contribution in [0.3, 0.4) is 0 Å². The molecule has 0 bridgehead atoms. The Bertz CT molecular complexity index is 1630. The van der Waals surface area contributed by atoms with Gasteiger partial charge < -0.3 is 9.32 Å². The zero-order valence-corrected chi connectivity index (χ0v) is 24.5. The monoisotopic (exact) mass is 602 g/mol. The number of carbonyl (C=O) groups is 1. The van der Waals surface area contributed by atoms with Gasteiger partial charge in [-0.15, -0.1) is 21.5 Å². The van der Waals surface area contributed by atoms with Gasteiger partial charge in [-0.1, -0.05) is 78.0 Å². The van der Waals surface area contributed by atoms with Crippen LogP contribution in [-0.2, 0) is 5.75 Å². The van der Waals surface area contributed by atoms with E-state index in [1.807, 2.05) is 69.4 Å². The molecule has 1 fully saturated rings. The quantitative estimate of drug-likeness (QED) is 0.181. The van der Waals surface area contributed by atoms with Crippen LogP contribution in [0, 0.1) is 0 Å². The van der Waals surface area contributed by atoms with Gasteiger partial charge in [0.2, 0.25) is 5.82 Å². The Hall–Kier alpha value is -3.70. The molecule has 208 valence electrons. The number of amides is 1. The van der Waals surface area contributed by atoms with Gasteiger partial charge in [-0.05, 0) is 29.8 Å². The summed E-state index contributed by atoms with van der Waals surface area (Å²) in [7, 11) is 0. The summed E-state index contributed by atoms with van der Waals surface area (Å²) < 4.78 is 7.48. The van der Waals surface area contributed by atoms with Crippen molar-refractivity contribution in [2.75, 3.05) is 32.7 Å². The van der Waals surface area contributed by atoms with Gasteiger partial charge in [0.25, 0.3) is 5.91 Å². The topological polar surface area (TPSA) is 80.3 Å². The Morgan fingerprint density at radius 2 is 1.80 bits per heavy atom. The highest BCUT2D eigenvalue weighted by Gasteiger charge is 2.24. The minimum absolute atomic E-state index is 0.0173. The Morgan fingerprint density at radius 1 is 1.00 bits per heavy atom. The van der Waals surface area contributed by atoms with Crippen LogP contribution < -0.4 is 0 Å². The minimum Gasteiger partial charge on any atom is -0.461 e. The number of para-hydroxylation sites is 1. The van der Waals surface area contributed by atoms with Crippen molar-refractivity contribution in [3.05, 3.63) is 106 Å². The third kappa shape index (κ3) is 6.46. The molecule has 6 rings (SSSR count). The lowest BCUT2D eigenvalue weighted by Gasteiger charge is -2.33. The average Bonchev–Trinajstić information content (AvgIpc) is 3.78. The molecular formula is C30H27ClN6O2S2. The molecule has 3 aromatic heterocycles. The van der Waals surface area contributed by atoms with Crippen molar-refractivity contribution >= 4 is 46.7 Å². The molecule has 0 saturated carbocycles. The third-order valence-electron chi connectivity index (χ3n) is 6.70. The second-order valence-electron chi connectivity index (χ2n) is 9.39. The van der Waals surface area contributed by atoms with E-state index in [-0.39, 0.29) is 5.91 Å². The summed E-state index contributed by atoms with van der Waals surface area (Å²) in [6.07, 6.45) is 5.92. The van der Waals surface area contributed by atoms with E-state index in [2.05, 4.69) is 44.4 Å². The predicted octanol–water partition coefficient (Wildman–Crippen LogP) is 6.40. The molecule has 4 heterocycles. The molecular weight excluding hydrogens is 576 g/mol. The Balaban J connectivity index is 1.07. The maximum atomic E-state index is 13.2. The van der Waals surface area contributed by atoms with E-state index in [9.17, 15) is 4.79 Å². The number of thiazole rings is 1. The number of thioether (sulfide) groups is 1. The molecule has 0 N–H and O–H groups in total. The Labute approximate surface area is 251 Å². The van der Waals surface area contributed by atoms with Crippen molar-refractivity contribution in [2.24, 2.45) is 0 Å². The average molecular weight is 603 g/mol. The first-order valence-corrected chi connectivity index (χ1v) is 15.4. The first-order valence-electron chi connectivity index (χ1n) is 13.2. The summed E-state index contributed by atoms with van der Waals surface area (Å²) in [4.78, 5) is 22.1. The van der Waals surface area contributed by atoms with Crippen molar-refractivity contribution in [2.45, 2.75) is 10.9 Å². The molecule has 1 aliphatic heterocycles. The number of aromatic nitrogens is 4. The lowest BCUT2D eigenvalue weighted by molar-refractivity contribution is 0.0645. The number of hydrogen-bond acceptors (Lipinski definition) is 8. The maximum Gasteiger partial charge on any atom is 0.273 e. The molecule has 1 saturated heterocycles. The first-order chi connectivity index (χ1) is 20.2. The third-order valence-corrected chi connectivity index (χ3v) is 8.99. The van der Waals surface area contributed by atoms with Crippen molar-refractivity contribution in [3.8, 4) is 17.3 Å². The Kier molecular flexibility index (Phi) is 8.62. The molecule has 11 heteroatoms. The Morgan fingerprint density at radius 3 is 2.59 bits per heavy atom. The molecule has 0 aliphatic carbocycles. The van der Waals surface area contributed by atoms with Crippen molar-refractivity contribution in [3.63, 3.8) is 0 Å². The van der Waals surface area contributed by atoms with Gasteiger partial charge in [0.1, 0.15) is 10.7 Å². The van der Waals surface area contributed by atoms with Crippen LogP contribution >= 0.6 is 34.7 Å². The fraction of sp³-hybridized carbons (Fsp3) is 0.200. The van der Waals surface area contributed by atoms with Crippen molar-refractivity contribution in [1.82, 2.24) is 29.5 Å². The summed E-state index contributed by atoms with van der Waals surface area (Å²) in [6.45, 7) is 3.93. The number of rotatable bonds is 9. The smallest absolute Gasteiger partial charge is 0.273 e. The van der Waals surface area contributed by atoms with Crippen LogP contribution in [0.5, 0.6) is 0 Å². The number of piperazine rings is 1. The van der Waals surface area contributed by atoms with E-state index >= 15 is 0 Å². The zero-order chi connectivity index (χ0) is 28.0. The van der Waals surface area contributed by atoms with Crippen LogP contribution in [0.25, 0.3) is 23.3 Å². The number of halogens is 1. The lowest BCUT2D eigenvalue weighted by atomic mass is 10.2. The first kappa shape index (κ1) is 27.5. The summed E-state index contributed by atoms with van der Waals surface area (Å²) in [5, 5.41) is 12.7. The molecule has 8 nitrogen and oxygen atoms in total. The largest absolute Gasteiger partial charge is 0.461 e. The molecule has 41 heavy (non-hydrogen) atoms. The molecule has 1 aliphatic rings. The van der Waals surface area contributed by atoms with E-state index in [1.165, 1.54) is 28.7 Å². The predicted molar refractivity (Wildman–Crippen MR) is 164 cm³/mol. The van der Waals surface area contributed by atoms with Gasteiger partial charge in [-0.3, -0.25) is 14.3 Å². The van der Waals surface area contributed by atoms with Crippen LogP contribution in [0.1, 0.15) is 21.1 Å². The fourth-order valence-electron chi connectivity index (χ4n) is 4.58. The number of furan rings is 1. The van der Waals surface area contributed by atoms with E-state index in [4.69, 9.17) is 16.0 Å². The van der Waals surface area contributed by atoms with Gasteiger partial charge in [0, 0.05) is 38.1 Å². The van der Waals surface area contributed by atoms with E-state index in [0.29, 0.717) is 46.3 Å². The normalized spacial score (nSPS) is 14.2. The molecule has 2 aromatic carbocycles. The second kappa shape index (κ2) is 12.9. The molecule has 0 unspecified atom stereocenters. The number of nitrogens with zero attached hydrogens (tertiary/aromatic N) is 6. The van der Waals surface area contributed by atoms with E-state index in [1.54, 1.807) is 6.26 Å². The van der Waals surface area contributed by atoms with E-state index < -0.39 is 0 Å². The fourth-order valence-corrected chi connectivity index (χ4v) is 6.53. The second-order valence-corrected chi connectivity index (χ2v) is 11.7. The number of carbonyl (C=O) groups excluding carboxylic acids is 1. The van der Waals surface area contributed by atoms with Crippen LogP contribution in [0.4, 0.5) is 0 Å². The standard InChI is InChI=1S/C30H27ClN6O2S2/c31-23-11-4-5-12-25(23)37-28(26-13-7-19-39-26)33-34-30(37)41-21-27-32-24(20-40-27)29(38)36-17-15-35(16-18-36)14-6-10-22-8-2-1-3-9-22/h1-13,19-20H,14-18,21H2/b10-6+. The van der Waals surface area contributed by atoms with Crippen LogP contribution in [0.15, 0.2) is 94.0 Å². The molecule has 1 amide bonds. The van der Waals surface area contributed by atoms with Crippen molar-refractivity contribution < 1.29 is 9.21 Å². The van der Waals surface area contributed by atoms with Crippen LogP contribution in [-0.4, -0.2) is 68.2 Å². The van der Waals surface area contributed by atoms with Gasteiger partial charge in [-0.25, -0.2) is 4.98 Å². The summed E-state index contributed by atoms with van der Waals surface area (Å²) in [5.41, 5.74) is 2.45. The van der Waals surface area contributed by atoms with Gasteiger partial charge in [0.15, 0.2) is 10.9 Å². The molecule has 5 aromatic rings. The lowest BCUT2D eigenvalue weighted by Crippen LogP contribution is -2.48. The van der Waals surface area contributed by atoms with Gasteiger partial charge in [0.05, 0.1) is 22.7 Å². The summed E-state index contributed by atoms with van der Waals surface area (Å²) in [6, 6.07) is 21.5. The highest BCUT2D eigenvalue weighted by atomic mass is 35.5. The van der Waals surface area contributed by atoms with Gasteiger partial charge in [-0.2, -0.15) is 0 Å². The highest BCUT2D eigenvalue weighted by molar-refractivity contribution is 7.98. The highest BCUT2D eigenvalue weighted by Crippen LogP contribution is 2.33. The minimum atomic E-state index is -0.0173. The van der Waals surface area contributed by atoms with E-state index in [0.717, 1.165) is 30.3 Å². The summed E-state index contributed by atoms with van der Waals surface area (Å²) >= 11 is 9.50. The number of hydrogen-bond donors (Lipinski definition) is 0. The number of benzene rings is 2. The molecule has 0 radical (unpaired) electrons. The maximum absolute atomic E-state index is 13.2. The SMILES string of the molecule is O=C(c1csc(CSc2nnc(-c3ccco3)n2-c2ccccc2Cl)n1)N1CCN(C/C=C/c2ccccc2)CC1. The molecule has 0 atom stereocenters. The molecule has 0 spiro atoms. The van der Waals surface area contributed by atoms with Crippen LogP contribution in [0.2, 0.25) is 5.02 Å². The zero-order valence-electron chi connectivity index (χ0n) is 22.1.